The summed E-state index contributed by atoms with van der Waals surface area (Å²) >= 11 is 2.87. The maximum absolute atomic E-state index is 13.0. The summed E-state index contributed by atoms with van der Waals surface area (Å²) in [6, 6.07) is 0.498. The van der Waals surface area contributed by atoms with Gasteiger partial charge in [-0.25, -0.2) is 22.9 Å². The van der Waals surface area contributed by atoms with Crippen molar-refractivity contribution >= 4 is 21.9 Å². The van der Waals surface area contributed by atoms with Crippen LogP contribution in [0.2, 0.25) is 0 Å². The van der Waals surface area contributed by atoms with Crippen LogP contribution in [-0.4, -0.2) is 16.1 Å². The predicted octanol–water partition coefficient (Wildman–Crippen LogP) is 2.75. The molecule has 1 N–H and O–H groups in total. The Morgan fingerprint density at radius 2 is 2.20 bits per heavy atom. The van der Waals surface area contributed by atoms with Crippen LogP contribution in [0.4, 0.5) is 13.2 Å². The number of aromatic carboxylic acids is 1. The largest absolute Gasteiger partial charge is 0.476 e. The first-order valence-corrected chi connectivity index (χ1v) is 4.86. The molecule has 0 spiro atoms. The molecule has 1 rings (SSSR count). The van der Waals surface area contributed by atoms with Crippen molar-refractivity contribution in [2.24, 2.45) is 0 Å². The first-order valence-electron chi connectivity index (χ1n) is 3.74. The van der Waals surface area contributed by atoms with Gasteiger partial charge in [-0.15, -0.1) is 0 Å². The zero-order valence-electron chi connectivity index (χ0n) is 7.18. The zero-order chi connectivity index (χ0) is 11.6. The summed E-state index contributed by atoms with van der Waals surface area (Å²) in [5, 5.41) is 8.45. The van der Waals surface area contributed by atoms with Crippen LogP contribution in [0.5, 0.6) is 0 Å². The van der Waals surface area contributed by atoms with E-state index in [2.05, 4.69) is 20.9 Å². The van der Waals surface area contributed by atoms with Gasteiger partial charge in [0.05, 0.1) is 5.69 Å². The molecular weight excluding hydrogens is 279 g/mol. The summed E-state index contributed by atoms with van der Waals surface area (Å²) < 4.78 is 37.7. The fraction of sp³-hybridized carbons (Fsp3) is 0.250. The number of carboxylic acids is 1. The van der Waals surface area contributed by atoms with E-state index in [0.29, 0.717) is 6.07 Å². The third kappa shape index (κ3) is 2.47. The minimum atomic E-state index is -2.89. The monoisotopic (exact) mass is 283 g/mol. The molecule has 0 atom stereocenters. The third-order valence-corrected chi connectivity index (χ3v) is 2.18. The lowest BCUT2D eigenvalue weighted by Crippen LogP contribution is -2.09. The van der Waals surface area contributed by atoms with Crippen LogP contribution in [0.3, 0.4) is 0 Å². The van der Waals surface area contributed by atoms with E-state index in [0.717, 1.165) is 0 Å². The number of hydrogen-bond acceptors (Lipinski definition) is 2. The summed E-state index contributed by atoms with van der Waals surface area (Å²) in [6.45, 7) is 0. The van der Waals surface area contributed by atoms with Crippen molar-refractivity contribution in [1.29, 1.82) is 0 Å². The van der Waals surface area contributed by atoms with E-state index in [4.69, 9.17) is 5.11 Å². The van der Waals surface area contributed by atoms with E-state index < -0.39 is 29.5 Å². The summed E-state index contributed by atoms with van der Waals surface area (Å²) in [6.07, 6.45) is -2.89. The topological polar surface area (TPSA) is 50.2 Å². The van der Waals surface area contributed by atoms with Crippen molar-refractivity contribution in [1.82, 2.24) is 4.98 Å². The number of hydrogen-bond donors (Lipinski definition) is 1. The number of pyridine rings is 1. The molecule has 7 heteroatoms. The van der Waals surface area contributed by atoms with Crippen LogP contribution >= 0.6 is 15.9 Å². The van der Waals surface area contributed by atoms with E-state index in [1.807, 2.05) is 0 Å². The molecular formula is C8H5BrF3NO2. The minimum Gasteiger partial charge on any atom is -0.476 e. The lowest BCUT2D eigenvalue weighted by molar-refractivity contribution is 0.0683. The first kappa shape index (κ1) is 12.0. The highest BCUT2D eigenvalue weighted by molar-refractivity contribution is 9.08. The number of aromatic nitrogens is 1. The summed E-state index contributed by atoms with van der Waals surface area (Å²) in [7, 11) is 0. The normalized spacial score (nSPS) is 10.7. The summed E-state index contributed by atoms with van der Waals surface area (Å²) in [4.78, 5) is 13.8. The quantitative estimate of drug-likeness (QED) is 0.868. The third-order valence-electron chi connectivity index (χ3n) is 1.65. The van der Waals surface area contributed by atoms with E-state index in [-0.39, 0.29) is 11.0 Å². The van der Waals surface area contributed by atoms with Crippen molar-refractivity contribution in [2.75, 3.05) is 0 Å². The van der Waals surface area contributed by atoms with Crippen molar-refractivity contribution < 1.29 is 23.1 Å². The maximum Gasteiger partial charge on any atom is 0.357 e. The molecule has 0 unspecified atom stereocenters. The van der Waals surface area contributed by atoms with Crippen molar-refractivity contribution in [3.05, 3.63) is 28.8 Å². The zero-order valence-corrected chi connectivity index (χ0v) is 8.76. The Hall–Kier alpha value is -1.11. The van der Waals surface area contributed by atoms with Gasteiger partial charge in [-0.2, -0.15) is 0 Å². The highest BCUT2D eigenvalue weighted by atomic mass is 79.9. The molecule has 82 valence electrons. The number of rotatable bonds is 3. The van der Waals surface area contributed by atoms with Gasteiger partial charge < -0.3 is 5.11 Å². The van der Waals surface area contributed by atoms with Crippen molar-refractivity contribution in [3.63, 3.8) is 0 Å². The van der Waals surface area contributed by atoms with E-state index in [1.54, 1.807) is 0 Å². The van der Waals surface area contributed by atoms with Crippen LogP contribution in [0.1, 0.15) is 28.2 Å². The number of halogens is 4. The SMILES string of the molecule is O=C(O)c1nc(CBr)c(C(F)F)cc1F. The van der Waals surface area contributed by atoms with Gasteiger partial charge in [-0.3, -0.25) is 0 Å². The summed E-state index contributed by atoms with van der Waals surface area (Å²) in [5.41, 5.74) is -1.63. The van der Waals surface area contributed by atoms with Crippen LogP contribution in [0.15, 0.2) is 6.07 Å². The number of nitrogens with zero attached hydrogens (tertiary/aromatic N) is 1. The second kappa shape index (κ2) is 4.61. The highest BCUT2D eigenvalue weighted by Crippen LogP contribution is 2.25. The average molecular weight is 284 g/mol. The second-order valence-corrected chi connectivity index (χ2v) is 3.15. The molecule has 0 bridgehead atoms. The molecule has 1 heterocycles. The smallest absolute Gasteiger partial charge is 0.357 e. The molecule has 0 aliphatic rings. The molecule has 0 aliphatic carbocycles. The van der Waals surface area contributed by atoms with Crippen LogP contribution < -0.4 is 0 Å². The second-order valence-electron chi connectivity index (χ2n) is 2.59. The lowest BCUT2D eigenvalue weighted by Gasteiger charge is -2.07. The minimum absolute atomic E-state index is 0.0623. The van der Waals surface area contributed by atoms with Gasteiger partial charge in [-0.05, 0) is 6.07 Å². The standard InChI is InChI=1S/C8H5BrF3NO2/c9-2-5-3(7(11)12)1-4(10)6(13-5)8(14)15/h1,7H,2H2,(H,14,15). The molecule has 0 amide bonds. The van der Waals surface area contributed by atoms with Gasteiger partial charge in [0.15, 0.2) is 11.5 Å². The Bertz CT molecular complexity index is 398. The Morgan fingerprint density at radius 3 is 2.60 bits per heavy atom. The van der Waals surface area contributed by atoms with Crippen molar-refractivity contribution in [2.45, 2.75) is 11.8 Å². The van der Waals surface area contributed by atoms with Gasteiger partial charge in [0, 0.05) is 10.9 Å². The van der Waals surface area contributed by atoms with Crippen LogP contribution in [0.25, 0.3) is 0 Å². The van der Waals surface area contributed by atoms with E-state index in [1.165, 1.54) is 0 Å². The fourth-order valence-electron chi connectivity index (χ4n) is 0.987. The predicted molar refractivity (Wildman–Crippen MR) is 48.7 cm³/mol. The van der Waals surface area contributed by atoms with Gasteiger partial charge in [-0.1, -0.05) is 15.9 Å². The van der Waals surface area contributed by atoms with Crippen LogP contribution in [0, 0.1) is 5.82 Å². The Kier molecular flexibility index (Phi) is 3.67. The molecule has 3 nitrogen and oxygen atoms in total. The molecule has 1 aromatic heterocycles. The molecule has 0 saturated carbocycles. The molecule has 0 aliphatic heterocycles. The molecule has 0 aromatic carbocycles. The average Bonchev–Trinajstić information content (AvgIpc) is 2.16. The van der Waals surface area contributed by atoms with Crippen LogP contribution in [-0.2, 0) is 5.33 Å². The Morgan fingerprint density at radius 1 is 1.60 bits per heavy atom. The number of alkyl halides is 3. The molecule has 0 saturated heterocycles. The molecule has 15 heavy (non-hydrogen) atoms. The highest BCUT2D eigenvalue weighted by Gasteiger charge is 2.20. The van der Waals surface area contributed by atoms with E-state index >= 15 is 0 Å². The van der Waals surface area contributed by atoms with Gasteiger partial charge in [0.25, 0.3) is 6.43 Å². The fourth-order valence-corrected chi connectivity index (χ4v) is 1.44. The van der Waals surface area contributed by atoms with Crippen molar-refractivity contribution in [3.8, 4) is 0 Å². The first-order chi connectivity index (χ1) is 6.97. The Labute approximate surface area is 91.1 Å². The number of carbonyl (C=O) groups is 1. The van der Waals surface area contributed by atoms with Gasteiger partial charge >= 0.3 is 5.97 Å². The molecule has 0 fully saturated rings. The van der Waals surface area contributed by atoms with Gasteiger partial charge in [0.1, 0.15) is 0 Å². The molecule has 1 aromatic rings. The maximum atomic E-state index is 13.0. The molecule has 0 radical (unpaired) electrons. The Balaban J connectivity index is 3.35. The van der Waals surface area contributed by atoms with Gasteiger partial charge in [0.2, 0.25) is 0 Å². The van der Waals surface area contributed by atoms with E-state index in [9.17, 15) is 18.0 Å². The lowest BCUT2D eigenvalue weighted by atomic mass is 10.2. The number of carboxylic acid groups (broad SMARTS) is 1. The summed E-state index contributed by atoms with van der Waals surface area (Å²) in [5.74, 6) is -2.85.